The van der Waals surface area contributed by atoms with Crippen molar-refractivity contribution in [1.82, 2.24) is 19.6 Å². The third kappa shape index (κ3) is 2.85. The molecule has 0 saturated carbocycles. The first-order valence-electron chi connectivity index (χ1n) is 5.61. The molecule has 5 nitrogen and oxygen atoms in total. The van der Waals surface area contributed by atoms with Crippen LogP contribution in [0.5, 0.6) is 0 Å². The molecule has 3 heterocycles. The molecule has 0 aliphatic rings. The van der Waals surface area contributed by atoms with Crippen LogP contribution < -0.4 is 0 Å². The molecule has 3 aromatic rings. The van der Waals surface area contributed by atoms with Crippen molar-refractivity contribution in [1.29, 1.82) is 0 Å². The molecule has 0 saturated heterocycles. The Morgan fingerprint density at radius 2 is 2.21 bits per heavy atom. The van der Waals surface area contributed by atoms with E-state index in [9.17, 15) is 0 Å². The number of nitrogens with zero attached hydrogens (tertiary/aromatic N) is 4. The summed E-state index contributed by atoms with van der Waals surface area (Å²) >= 11 is 4.28. The fourth-order valence-corrected chi connectivity index (χ4v) is 3.49. The average molecular weight is 310 g/mol. The maximum Gasteiger partial charge on any atom is 0.284 e. The molecular weight excluding hydrogens is 300 g/mol. The molecule has 0 radical (unpaired) electrons. The Morgan fingerprint density at radius 1 is 1.32 bits per heavy atom. The first-order chi connectivity index (χ1) is 9.22. The van der Waals surface area contributed by atoms with E-state index < -0.39 is 0 Å². The molecule has 0 unspecified atom stereocenters. The van der Waals surface area contributed by atoms with Crippen molar-refractivity contribution in [3.63, 3.8) is 0 Å². The maximum absolute atomic E-state index is 5.59. The van der Waals surface area contributed by atoms with Crippen molar-refractivity contribution >= 4 is 34.6 Å². The summed E-state index contributed by atoms with van der Waals surface area (Å²) in [6.07, 6.45) is 0. The molecule has 8 heteroatoms. The second kappa shape index (κ2) is 5.40. The Hall–Kier alpha value is -1.25. The number of aromatic nitrogens is 4. The van der Waals surface area contributed by atoms with E-state index >= 15 is 0 Å². The highest BCUT2D eigenvalue weighted by Gasteiger charge is 2.14. The topological polar surface area (TPSA) is 64.7 Å². The van der Waals surface area contributed by atoms with Crippen LogP contribution in [0.4, 0.5) is 0 Å². The van der Waals surface area contributed by atoms with Crippen molar-refractivity contribution in [3.8, 4) is 10.8 Å². The van der Waals surface area contributed by atoms with E-state index in [1.165, 1.54) is 23.3 Å². The minimum atomic E-state index is 0.329. The Labute approximate surface area is 122 Å². The number of rotatable bonds is 4. The molecule has 0 fully saturated rings. The van der Waals surface area contributed by atoms with Gasteiger partial charge >= 0.3 is 0 Å². The third-order valence-electron chi connectivity index (χ3n) is 2.25. The van der Waals surface area contributed by atoms with Gasteiger partial charge in [0.25, 0.3) is 11.1 Å². The summed E-state index contributed by atoms with van der Waals surface area (Å²) in [4.78, 5) is 5.39. The summed E-state index contributed by atoms with van der Waals surface area (Å²) in [5, 5.41) is 10.5. The van der Waals surface area contributed by atoms with Crippen molar-refractivity contribution < 1.29 is 4.42 Å². The van der Waals surface area contributed by atoms with Crippen LogP contribution >= 0.6 is 34.6 Å². The quantitative estimate of drug-likeness (QED) is 0.727. The molecule has 3 rings (SSSR count). The predicted octanol–water partition coefficient (Wildman–Crippen LogP) is 3.92. The van der Waals surface area contributed by atoms with Crippen molar-refractivity contribution in [2.24, 2.45) is 0 Å². The highest BCUT2D eigenvalue weighted by atomic mass is 32.2. The summed E-state index contributed by atoms with van der Waals surface area (Å²) in [5.41, 5.74) is 0. The summed E-state index contributed by atoms with van der Waals surface area (Å²) < 4.78 is 10.7. The van der Waals surface area contributed by atoms with Gasteiger partial charge in [0.1, 0.15) is 5.82 Å². The van der Waals surface area contributed by atoms with E-state index in [0.29, 0.717) is 17.0 Å². The van der Waals surface area contributed by atoms with E-state index in [2.05, 4.69) is 33.4 Å². The van der Waals surface area contributed by atoms with Crippen LogP contribution in [-0.4, -0.2) is 19.6 Å². The Morgan fingerprint density at radius 3 is 2.89 bits per heavy atom. The molecule has 0 aromatic carbocycles. The van der Waals surface area contributed by atoms with Crippen molar-refractivity contribution in [2.75, 3.05) is 0 Å². The van der Waals surface area contributed by atoms with Gasteiger partial charge in [0.2, 0.25) is 0 Å². The van der Waals surface area contributed by atoms with Crippen LogP contribution in [0.25, 0.3) is 10.8 Å². The summed E-state index contributed by atoms with van der Waals surface area (Å²) in [6, 6.07) is 3.91. The fourth-order valence-electron chi connectivity index (χ4n) is 1.32. The van der Waals surface area contributed by atoms with Gasteiger partial charge in [-0.25, -0.2) is 4.98 Å². The molecule has 0 aliphatic heterocycles. The van der Waals surface area contributed by atoms with Gasteiger partial charge in [-0.1, -0.05) is 19.9 Å². The number of thiophene rings is 1. The van der Waals surface area contributed by atoms with E-state index in [1.807, 2.05) is 17.5 Å². The van der Waals surface area contributed by atoms with Crippen molar-refractivity contribution in [3.05, 3.63) is 23.3 Å². The largest absolute Gasteiger partial charge is 0.410 e. The molecule has 3 aromatic heterocycles. The minimum absolute atomic E-state index is 0.329. The van der Waals surface area contributed by atoms with Crippen LogP contribution in [0.3, 0.4) is 0 Å². The van der Waals surface area contributed by atoms with Gasteiger partial charge in [-0.15, -0.1) is 21.5 Å². The smallest absolute Gasteiger partial charge is 0.284 e. The highest BCUT2D eigenvalue weighted by molar-refractivity contribution is 8.00. The Bertz CT molecular complexity index is 659. The first-order valence-corrected chi connectivity index (χ1v) is 8.08. The van der Waals surface area contributed by atoms with Gasteiger partial charge < -0.3 is 4.42 Å². The van der Waals surface area contributed by atoms with Gasteiger partial charge in [0.05, 0.1) is 4.88 Å². The number of hydrogen-bond acceptors (Lipinski definition) is 8. The van der Waals surface area contributed by atoms with Crippen molar-refractivity contribution in [2.45, 2.75) is 29.3 Å². The lowest BCUT2D eigenvalue weighted by Crippen LogP contribution is -1.88. The zero-order valence-corrected chi connectivity index (χ0v) is 12.7. The molecule has 0 atom stereocenters. The normalized spacial score (nSPS) is 11.3. The van der Waals surface area contributed by atoms with Gasteiger partial charge in [0, 0.05) is 17.7 Å². The van der Waals surface area contributed by atoms with Crippen LogP contribution in [0.2, 0.25) is 0 Å². The molecule has 0 amide bonds. The maximum atomic E-state index is 5.59. The first kappa shape index (κ1) is 12.8. The average Bonchev–Trinajstić information content (AvgIpc) is 3.09. The highest BCUT2D eigenvalue weighted by Crippen LogP contribution is 2.32. The molecule has 0 bridgehead atoms. The lowest BCUT2D eigenvalue weighted by Gasteiger charge is -1.93. The van der Waals surface area contributed by atoms with Crippen LogP contribution in [-0.2, 0) is 0 Å². The van der Waals surface area contributed by atoms with Crippen LogP contribution in [0, 0.1) is 0 Å². The van der Waals surface area contributed by atoms with Gasteiger partial charge in [0.15, 0.2) is 4.34 Å². The lowest BCUT2D eigenvalue weighted by molar-refractivity contribution is 0.467. The molecule has 19 heavy (non-hydrogen) atoms. The summed E-state index contributed by atoms with van der Waals surface area (Å²) in [7, 11) is 0. The monoisotopic (exact) mass is 310 g/mol. The summed E-state index contributed by atoms with van der Waals surface area (Å²) in [6.45, 7) is 4.14. The predicted molar refractivity (Wildman–Crippen MR) is 75.7 cm³/mol. The standard InChI is InChI=1S/C11H10N4OS3/c1-6(2)8-12-11(19-15-8)18-10-14-13-9(16-10)7-4-3-5-17-7/h3-6H,1-2H3. The second-order valence-corrected chi connectivity index (χ2v) is 6.92. The molecular formula is C11H10N4OS3. The SMILES string of the molecule is CC(C)c1nsc(Sc2nnc(-c3cccs3)o2)n1. The van der Waals surface area contributed by atoms with E-state index in [1.54, 1.807) is 11.3 Å². The molecule has 0 N–H and O–H groups in total. The molecule has 98 valence electrons. The summed E-state index contributed by atoms with van der Waals surface area (Å²) in [5.74, 6) is 1.73. The second-order valence-electron chi connectivity index (χ2n) is 4.03. The van der Waals surface area contributed by atoms with Crippen LogP contribution in [0.1, 0.15) is 25.6 Å². The molecule has 0 aliphatic carbocycles. The number of hydrogen-bond donors (Lipinski definition) is 0. The van der Waals surface area contributed by atoms with Gasteiger partial charge in [-0.05, 0) is 23.0 Å². The van der Waals surface area contributed by atoms with Gasteiger partial charge in [-0.3, -0.25) is 0 Å². The minimum Gasteiger partial charge on any atom is -0.410 e. The zero-order valence-electron chi connectivity index (χ0n) is 10.2. The Kier molecular flexibility index (Phi) is 3.63. The fraction of sp³-hybridized carbons (Fsp3) is 0.273. The van der Waals surface area contributed by atoms with Gasteiger partial charge in [-0.2, -0.15) is 4.37 Å². The van der Waals surface area contributed by atoms with E-state index in [0.717, 1.165) is 15.0 Å². The van der Waals surface area contributed by atoms with E-state index in [-0.39, 0.29) is 0 Å². The van der Waals surface area contributed by atoms with E-state index in [4.69, 9.17) is 4.42 Å². The third-order valence-corrected chi connectivity index (χ3v) is 4.72. The van der Waals surface area contributed by atoms with Crippen LogP contribution in [0.15, 0.2) is 31.5 Å². The zero-order chi connectivity index (χ0) is 13.2. The Balaban J connectivity index is 1.76. The molecule has 0 spiro atoms. The lowest BCUT2D eigenvalue weighted by atomic mass is 10.2.